The Labute approximate surface area is 142 Å². The van der Waals surface area contributed by atoms with Gasteiger partial charge in [0.15, 0.2) is 0 Å². The Balaban J connectivity index is 2.35. The van der Waals surface area contributed by atoms with E-state index in [1.165, 1.54) is 6.07 Å². The number of rotatable bonds is 8. The molecule has 3 N–H and O–H groups in total. The largest absolute Gasteiger partial charge is 0.388 e. The van der Waals surface area contributed by atoms with Crippen molar-refractivity contribution in [2.75, 3.05) is 13.1 Å². The highest BCUT2D eigenvalue weighted by Crippen LogP contribution is 2.15. The number of nitrogens with one attached hydrogen (secondary N) is 2. The third-order valence-corrected chi connectivity index (χ3v) is 3.66. The van der Waals surface area contributed by atoms with Gasteiger partial charge in [0.05, 0.1) is 12.1 Å². The number of carbonyl (C=O) groups excluding carboxylic acids is 2. The molecule has 1 atom stereocenters. The van der Waals surface area contributed by atoms with Crippen LogP contribution in [0.25, 0.3) is 0 Å². The molecule has 0 spiro atoms. The van der Waals surface area contributed by atoms with Crippen LogP contribution in [0.4, 0.5) is 0 Å². The van der Waals surface area contributed by atoms with Crippen molar-refractivity contribution in [3.8, 4) is 0 Å². The molecule has 1 aromatic carbocycles. The molecule has 2 amide bonds. The summed E-state index contributed by atoms with van der Waals surface area (Å²) >= 11 is 5.82. The van der Waals surface area contributed by atoms with Gasteiger partial charge < -0.3 is 15.7 Å². The van der Waals surface area contributed by atoms with E-state index in [0.29, 0.717) is 22.9 Å². The van der Waals surface area contributed by atoms with Crippen LogP contribution in [0.3, 0.4) is 0 Å². The van der Waals surface area contributed by atoms with Gasteiger partial charge in [-0.25, -0.2) is 0 Å². The maximum atomic E-state index is 11.9. The first-order chi connectivity index (χ1) is 10.7. The average molecular weight is 341 g/mol. The lowest BCUT2D eigenvalue weighted by Gasteiger charge is -2.24. The fourth-order valence-corrected chi connectivity index (χ4v) is 2.12. The summed E-state index contributed by atoms with van der Waals surface area (Å²) in [4.78, 5) is 23.6. The highest BCUT2D eigenvalue weighted by Gasteiger charge is 2.21. The molecule has 0 saturated carbocycles. The molecular formula is C17H25ClN2O3. The van der Waals surface area contributed by atoms with Crippen LogP contribution < -0.4 is 10.6 Å². The van der Waals surface area contributed by atoms with Crippen molar-refractivity contribution in [3.05, 3.63) is 34.9 Å². The molecule has 0 aliphatic heterocycles. The van der Waals surface area contributed by atoms with Crippen molar-refractivity contribution in [2.45, 2.75) is 39.2 Å². The molecule has 0 aliphatic rings. The average Bonchev–Trinajstić information content (AvgIpc) is 2.49. The molecule has 128 valence electrons. The van der Waals surface area contributed by atoms with Gasteiger partial charge >= 0.3 is 0 Å². The van der Waals surface area contributed by atoms with E-state index in [4.69, 9.17) is 11.6 Å². The quantitative estimate of drug-likeness (QED) is 0.679. The van der Waals surface area contributed by atoms with Crippen molar-refractivity contribution in [2.24, 2.45) is 5.92 Å². The predicted octanol–water partition coefficient (Wildman–Crippen LogP) is 2.37. The van der Waals surface area contributed by atoms with E-state index in [2.05, 4.69) is 24.5 Å². The van der Waals surface area contributed by atoms with Gasteiger partial charge in [-0.1, -0.05) is 31.5 Å². The molecule has 0 aliphatic carbocycles. The summed E-state index contributed by atoms with van der Waals surface area (Å²) in [6.07, 6.45) is 1.49. The van der Waals surface area contributed by atoms with Crippen molar-refractivity contribution in [3.63, 3.8) is 0 Å². The van der Waals surface area contributed by atoms with Crippen LogP contribution in [0, 0.1) is 5.92 Å². The second-order valence-corrected chi connectivity index (χ2v) is 6.84. The number of hydrogen-bond acceptors (Lipinski definition) is 3. The minimum Gasteiger partial charge on any atom is -0.388 e. The molecule has 6 heteroatoms. The Morgan fingerprint density at radius 3 is 2.61 bits per heavy atom. The molecule has 1 rings (SSSR count). The normalized spacial score (nSPS) is 13.5. The zero-order chi connectivity index (χ0) is 17.5. The van der Waals surface area contributed by atoms with E-state index in [0.717, 1.165) is 6.42 Å². The number of halogens is 1. The first-order valence-corrected chi connectivity index (χ1v) is 8.10. The van der Waals surface area contributed by atoms with Gasteiger partial charge in [0, 0.05) is 17.1 Å². The second-order valence-electron chi connectivity index (χ2n) is 6.40. The first-order valence-electron chi connectivity index (χ1n) is 7.72. The molecule has 5 nitrogen and oxygen atoms in total. The number of hydrogen-bond donors (Lipinski definition) is 3. The minimum atomic E-state index is -0.948. The third-order valence-electron chi connectivity index (χ3n) is 3.42. The third kappa shape index (κ3) is 8.00. The van der Waals surface area contributed by atoms with Gasteiger partial charge in [0.2, 0.25) is 5.91 Å². The van der Waals surface area contributed by atoms with Gasteiger partial charge in [-0.15, -0.1) is 0 Å². The fourth-order valence-electron chi connectivity index (χ4n) is 1.93. The SMILES string of the molecule is CC(C)CCC(C)(O)CNC(=O)CNC(=O)c1cccc(Cl)c1. The van der Waals surface area contributed by atoms with Crippen LogP contribution in [0.1, 0.15) is 44.0 Å². The van der Waals surface area contributed by atoms with Gasteiger partial charge in [-0.2, -0.15) is 0 Å². The molecule has 1 unspecified atom stereocenters. The summed E-state index contributed by atoms with van der Waals surface area (Å²) in [7, 11) is 0. The van der Waals surface area contributed by atoms with Crippen molar-refractivity contribution < 1.29 is 14.7 Å². The molecule has 0 heterocycles. The van der Waals surface area contributed by atoms with Crippen molar-refractivity contribution in [1.29, 1.82) is 0 Å². The van der Waals surface area contributed by atoms with Crippen LogP contribution in [0.15, 0.2) is 24.3 Å². The van der Waals surface area contributed by atoms with Gasteiger partial charge in [-0.3, -0.25) is 9.59 Å². The van der Waals surface area contributed by atoms with Crippen LogP contribution in [0.2, 0.25) is 5.02 Å². The Morgan fingerprint density at radius 1 is 1.30 bits per heavy atom. The lowest BCUT2D eigenvalue weighted by Crippen LogP contribution is -2.44. The van der Waals surface area contributed by atoms with E-state index >= 15 is 0 Å². The van der Waals surface area contributed by atoms with Crippen LogP contribution in [-0.2, 0) is 4.79 Å². The summed E-state index contributed by atoms with van der Waals surface area (Å²) in [6.45, 7) is 5.87. The first kappa shape index (κ1) is 19.5. The summed E-state index contributed by atoms with van der Waals surface area (Å²) in [6, 6.07) is 6.49. The van der Waals surface area contributed by atoms with Gasteiger partial charge in [-0.05, 0) is 43.9 Å². The Kier molecular flexibility index (Phi) is 7.52. The number of aliphatic hydroxyl groups is 1. The van der Waals surface area contributed by atoms with Gasteiger partial charge in [0.1, 0.15) is 0 Å². The van der Waals surface area contributed by atoms with Crippen LogP contribution >= 0.6 is 11.6 Å². The number of amides is 2. The standard InChI is InChI=1S/C17H25ClN2O3/c1-12(2)7-8-17(3,23)11-20-15(21)10-19-16(22)13-5-4-6-14(18)9-13/h4-6,9,12,23H,7-8,10-11H2,1-3H3,(H,19,22)(H,20,21). The van der Waals surface area contributed by atoms with Crippen molar-refractivity contribution >= 4 is 23.4 Å². The molecule has 1 aromatic rings. The fraction of sp³-hybridized carbons (Fsp3) is 0.529. The lowest BCUT2D eigenvalue weighted by molar-refractivity contribution is -0.121. The second kappa shape index (κ2) is 8.89. The molecule has 23 heavy (non-hydrogen) atoms. The topological polar surface area (TPSA) is 78.4 Å². The summed E-state index contributed by atoms with van der Waals surface area (Å²) < 4.78 is 0. The zero-order valence-corrected chi connectivity index (χ0v) is 14.6. The molecule has 0 saturated heterocycles. The van der Waals surface area contributed by atoms with E-state index in [-0.39, 0.29) is 24.9 Å². The Morgan fingerprint density at radius 2 is 2.00 bits per heavy atom. The molecule has 0 aromatic heterocycles. The monoisotopic (exact) mass is 340 g/mol. The van der Waals surface area contributed by atoms with E-state index in [1.54, 1.807) is 25.1 Å². The Hall–Kier alpha value is -1.59. The molecule has 0 fully saturated rings. The molecular weight excluding hydrogens is 316 g/mol. The van der Waals surface area contributed by atoms with E-state index in [1.807, 2.05) is 0 Å². The van der Waals surface area contributed by atoms with Gasteiger partial charge in [0.25, 0.3) is 5.91 Å². The maximum Gasteiger partial charge on any atom is 0.251 e. The van der Waals surface area contributed by atoms with E-state index in [9.17, 15) is 14.7 Å². The Bertz CT molecular complexity index is 544. The maximum absolute atomic E-state index is 11.9. The zero-order valence-electron chi connectivity index (χ0n) is 13.9. The highest BCUT2D eigenvalue weighted by molar-refractivity contribution is 6.30. The summed E-state index contributed by atoms with van der Waals surface area (Å²) in [5.41, 5.74) is -0.550. The minimum absolute atomic E-state index is 0.147. The number of benzene rings is 1. The lowest BCUT2D eigenvalue weighted by atomic mass is 9.95. The predicted molar refractivity (Wildman–Crippen MR) is 91.5 cm³/mol. The highest BCUT2D eigenvalue weighted by atomic mass is 35.5. The van der Waals surface area contributed by atoms with E-state index < -0.39 is 5.60 Å². The smallest absolute Gasteiger partial charge is 0.251 e. The molecule has 0 radical (unpaired) electrons. The van der Waals surface area contributed by atoms with Crippen molar-refractivity contribution in [1.82, 2.24) is 10.6 Å². The summed E-state index contributed by atoms with van der Waals surface area (Å²) in [5, 5.41) is 15.8. The summed E-state index contributed by atoms with van der Waals surface area (Å²) in [5.74, 6) is -0.214. The molecule has 0 bridgehead atoms. The van der Waals surface area contributed by atoms with Crippen LogP contribution in [0.5, 0.6) is 0 Å². The van der Waals surface area contributed by atoms with Crippen LogP contribution in [-0.4, -0.2) is 35.6 Å². The number of carbonyl (C=O) groups is 2.